The van der Waals surface area contributed by atoms with Gasteiger partial charge in [0.05, 0.1) is 0 Å². The van der Waals surface area contributed by atoms with Crippen LogP contribution < -0.4 is 10.1 Å². The Balaban J connectivity index is 2.34. The molecule has 0 bridgehead atoms. The Labute approximate surface area is 118 Å². The van der Waals surface area contributed by atoms with Crippen molar-refractivity contribution in [3.63, 3.8) is 0 Å². The first-order chi connectivity index (χ1) is 9.76. The quantitative estimate of drug-likeness (QED) is 0.851. The molecule has 0 fully saturated rings. The summed E-state index contributed by atoms with van der Waals surface area (Å²) < 4.78 is 19.7. The minimum Gasteiger partial charge on any atom is -0.454 e. The van der Waals surface area contributed by atoms with Crippen LogP contribution in [0.4, 0.5) is 4.39 Å². The van der Waals surface area contributed by atoms with Crippen molar-refractivity contribution in [2.75, 3.05) is 13.7 Å². The molecule has 0 radical (unpaired) electrons. The molecule has 0 spiro atoms. The molecule has 0 heterocycles. The molecular formula is C16H18FNO2. The van der Waals surface area contributed by atoms with E-state index in [0.717, 1.165) is 11.1 Å². The Kier molecular flexibility index (Phi) is 5.09. The van der Waals surface area contributed by atoms with E-state index in [4.69, 9.17) is 9.84 Å². The summed E-state index contributed by atoms with van der Waals surface area (Å²) in [6.07, 6.45) is 0.478. The Morgan fingerprint density at radius 1 is 1.10 bits per heavy atom. The summed E-state index contributed by atoms with van der Waals surface area (Å²) in [5.41, 5.74) is 1.61. The molecule has 0 unspecified atom stereocenters. The summed E-state index contributed by atoms with van der Waals surface area (Å²) in [4.78, 5) is 0. The third-order valence-electron chi connectivity index (χ3n) is 2.98. The van der Waals surface area contributed by atoms with Gasteiger partial charge in [-0.2, -0.15) is 0 Å². The van der Waals surface area contributed by atoms with Gasteiger partial charge in [0.2, 0.25) is 0 Å². The lowest BCUT2D eigenvalue weighted by molar-refractivity contribution is 0.297. The van der Waals surface area contributed by atoms with E-state index < -0.39 is 5.82 Å². The smallest absolute Gasteiger partial charge is 0.167 e. The number of halogens is 1. The fourth-order valence-corrected chi connectivity index (χ4v) is 2.04. The standard InChI is InChI=1S/C16H18FNO2/c1-18-11-13-6-4-7-14(17)16(13)20-15-8-3-2-5-12(15)9-10-19/h2-8,18-19H,9-11H2,1H3. The summed E-state index contributed by atoms with van der Waals surface area (Å²) in [5, 5.41) is 12.1. The maximum atomic E-state index is 14.0. The monoisotopic (exact) mass is 275 g/mol. The number of aliphatic hydroxyl groups excluding tert-OH is 1. The largest absolute Gasteiger partial charge is 0.454 e. The molecule has 0 aliphatic heterocycles. The molecule has 0 saturated carbocycles. The van der Waals surface area contributed by atoms with Gasteiger partial charge >= 0.3 is 0 Å². The predicted octanol–water partition coefficient (Wildman–Crippen LogP) is 2.87. The second-order valence-electron chi connectivity index (χ2n) is 4.44. The normalized spacial score (nSPS) is 10.6. The van der Waals surface area contributed by atoms with Gasteiger partial charge in [-0.1, -0.05) is 30.3 Å². The van der Waals surface area contributed by atoms with Crippen molar-refractivity contribution in [3.8, 4) is 11.5 Å². The molecule has 2 rings (SSSR count). The van der Waals surface area contributed by atoms with Crippen molar-refractivity contribution in [1.29, 1.82) is 0 Å². The van der Waals surface area contributed by atoms with Crippen LogP contribution in [0.5, 0.6) is 11.5 Å². The number of benzene rings is 2. The zero-order chi connectivity index (χ0) is 14.4. The van der Waals surface area contributed by atoms with Crippen molar-refractivity contribution in [2.45, 2.75) is 13.0 Å². The summed E-state index contributed by atoms with van der Waals surface area (Å²) >= 11 is 0. The van der Waals surface area contributed by atoms with Crippen LogP contribution in [0.2, 0.25) is 0 Å². The Hall–Kier alpha value is -1.91. The molecule has 0 aromatic heterocycles. The van der Waals surface area contributed by atoms with E-state index in [2.05, 4.69) is 5.32 Å². The maximum Gasteiger partial charge on any atom is 0.167 e. The second-order valence-corrected chi connectivity index (χ2v) is 4.44. The number of rotatable bonds is 6. The minimum atomic E-state index is -0.392. The van der Waals surface area contributed by atoms with E-state index in [-0.39, 0.29) is 12.4 Å². The molecule has 2 aromatic carbocycles. The van der Waals surface area contributed by atoms with E-state index in [0.29, 0.717) is 18.7 Å². The van der Waals surface area contributed by atoms with Crippen LogP contribution >= 0.6 is 0 Å². The number of nitrogens with one attached hydrogen (secondary N) is 1. The molecule has 4 heteroatoms. The summed E-state index contributed by atoms with van der Waals surface area (Å²) in [6.45, 7) is 0.552. The molecular weight excluding hydrogens is 257 g/mol. The SMILES string of the molecule is CNCc1cccc(F)c1Oc1ccccc1CCO. The van der Waals surface area contributed by atoms with Gasteiger partial charge in [0.25, 0.3) is 0 Å². The van der Waals surface area contributed by atoms with Gasteiger partial charge in [-0.3, -0.25) is 0 Å². The molecule has 0 atom stereocenters. The topological polar surface area (TPSA) is 41.5 Å². The Morgan fingerprint density at radius 2 is 1.85 bits per heavy atom. The third-order valence-corrected chi connectivity index (χ3v) is 2.98. The molecule has 106 valence electrons. The van der Waals surface area contributed by atoms with Crippen molar-refractivity contribution in [3.05, 3.63) is 59.4 Å². The van der Waals surface area contributed by atoms with Gasteiger partial charge in [-0.25, -0.2) is 4.39 Å². The zero-order valence-electron chi connectivity index (χ0n) is 11.4. The molecule has 0 aliphatic carbocycles. The van der Waals surface area contributed by atoms with Crippen LogP contribution in [0.1, 0.15) is 11.1 Å². The molecule has 20 heavy (non-hydrogen) atoms. The minimum absolute atomic E-state index is 0.0288. The van der Waals surface area contributed by atoms with Crippen LogP contribution in [0.3, 0.4) is 0 Å². The van der Waals surface area contributed by atoms with Gasteiger partial charge in [-0.15, -0.1) is 0 Å². The number of aliphatic hydroxyl groups is 1. The number of hydrogen-bond donors (Lipinski definition) is 2. The second kappa shape index (κ2) is 7.03. The molecule has 3 nitrogen and oxygen atoms in total. The summed E-state index contributed by atoms with van der Waals surface area (Å²) in [6, 6.07) is 12.2. The van der Waals surface area contributed by atoms with Crippen LogP contribution in [0.15, 0.2) is 42.5 Å². The molecule has 2 N–H and O–H groups in total. The van der Waals surface area contributed by atoms with Crippen molar-refractivity contribution in [1.82, 2.24) is 5.32 Å². The lowest BCUT2D eigenvalue weighted by Gasteiger charge is -2.14. The van der Waals surface area contributed by atoms with Gasteiger partial charge in [0.15, 0.2) is 11.6 Å². The fourth-order valence-electron chi connectivity index (χ4n) is 2.04. The van der Waals surface area contributed by atoms with Crippen LogP contribution in [0, 0.1) is 5.82 Å². The zero-order valence-corrected chi connectivity index (χ0v) is 11.4. The van der Waals surface area contributed by atoms with Gasteiger partial charge in [-0.05, 0) is 31.2 Å². The average Bonchev–Trinajstić information content (AvgIpc) is 2.45. The first kappa shape index (κ1) is 14.5. The van der Waals surface area contributed by atoms with Crippen LogP contribution in [-0.2, 0) is 13.0 Å². The Bertz CT molecular complexity index is 572. The van der Waals surface area contributed by atoms with E-state index in [1.165, 1.54) is 6.07 Å². The van der Waals surface area contributed by atoms with Crippen molar-refractivity contribution in [2.24, 2.45) is 0 Å². The van der Waals surface area contributed by atoms with Gasteiger partial charge in [0, 0.05) is 18.7 Å². The lowest BCUT2D eigenvalue weighted by Crippen LogP contribution is -2.07. The molecule has 0 aliphatic rings. The summed E-state index contributed by atoms with van der Waals surface area (Å²) in [7, 11) is 1.80. The highest BCUT2D eigenvalue weighted by molar-refractivity contribution is 5.42. The van der Waals surface area contributed by atoms with Crippen molar-refractivity contribution < 1.29 is 14.2 Å². The third kappa shape index (κ3) is 3.35. The van der Waals surface area contributed by atoms with Gasteiger partial charge < -0.3 is 15.2 Å². The average molecular weight is 275 g/mol. The first-order valence-corrected chi connectivity index (χ1v) is 6.55. The van der Waals surface area contributed by atoms with E-state index >= 15 is 0 Å². The van der Waals surface area contributed by atoms with Gasteiger partial charge in [0.1, 0.15) is 5.75 Å². The molecule has 2 aromatic rings. The number of hydrogen-bond acceptors (Lipinski definition) is 3. The lowest BCUT2D eigenvalue weighted by atomic mass is 10.1. The number of ether oxygens (including phenoxy) is 1. The summed E-state index contributed by atoms with van der Waals surface area (Å²) in [5.74, 6) is 0.410. The fraction of sp³-hybridized carbons (Fsp3) is 0.250. The maximum absolute atomic E-state index is 14.0. The number of para-hydroxylation sites is 2. The van der Waals surface area contributed by atoms with Crippen LogP contribution in [0.25, 0.3) is 0 Å². The highest BCUT2D eigenvalue weighted by atomic mass is 19.1. The predicted molar refractivity (Wildman–Crippen MR) is 76.5 cm³/mol. The Morgan fingerprint density at radius 3 is 2.60 bits per heavy atom. The first-order valence-electron chi connectivity index (χ1n) is 6.55. The van der Waals surface area contributed by atoms with E-state index in [1.807, 2.05) is 24.3 Å². The van der Waals surface area contributed by atoms with E-state index in [1.54, 1.807) is 19.2 Å². The highest BCUT2D eigenvalue weighted by Gasteiger charge is 2.12. The van der Waals surface area contributed by atoms with E-state index in [9.17, 15) is 4.39 Å². The molecule has 0 saturated heterocycles. The highest BCUT2D eigenvalue weighted by Crippen LogP contribution is 2.30. The molecule has 0 amide bonds. The van der Waals surface area contributed by atoms with Crippen LogP contribution in [-0.4, -0.2) is 18.8 Å². The van der Waals surface area contributed by atoms with Crippen molar-refractivity contribution >= 4 is 0 Å².